The molecule has 314 valence electrons. The molecule has 3 fully saturated rings. The highest BCUT2D eigenvalue weighted by atomic mass is 16.6. The minimum atomic E-state index is 0.268. The molecule has 56 heavy (non-hydrogen) atoms. The molecule has 0 heterocycles. The van der Waals surface area contributed by atoms with E-state index in [1.54, 1.807) is 20.3 Å². The van der Waals surface area contributed by atoms with E-state index in [-0.39, 0.29) is 6.61 Å². The van der Waals surface area contributed by atoms with Crippen molar-refractivity contribution < 1.29 is 42.8 Å². The molecule has 0 unspecified atom stereocenters. The van der Waals surface area contributed by atoms with Gasteiger partial charge in [0.1, 0.15) is 36.7 Å². The zero-order chi connectivity index (χ0) is 41.1. The third-order valence-electron chi connectivity index (χ3n) is 10.1. The molecule has 3 aliphatic carbocycles. The van der Waals surface area contributed by atoms with Crippen LogP contribution in [0.2, 0.25) is 0 Å². The van der Waals surface area contributed by atoms with E-state index in [9.17, 15) is 14.4 Å². The first-order valence-corrected chi connectivity index (χ1v) is 20.7. The summed E-state index contributed by atoms with van der Waals surface area (Å²) in [4.78, 5) is 31.2. The molecule has 3 aliphatic rings. The summed E-state index contributed by atoms with van der Waals surface area (Å²) < 4.78 is 30.7. The van der Waals surface area contributed by atoms with Crippen LogP contribution >= 0.6 is 0 Å². The van der Waals surface area contributed by atoms with Gasteiger partial charge < -0.3 is 33.2 Å². The van der Waals surface area contributed by atoms with Crippen LogP contribution in [0.15, 0.2) is 67.8 Å². The molecule has 0 atom stereocenters. The van der Waals surface area contributed by atoms with Gasteiger partial charge in [0.2, 0.25) is 0 Å². The first kappa shape index (κ1) is 50.1. The van der Waals surface area contributed by atoms with Crippen LogP contribution in [-0.2, 0) is 23.8 Å². The summed E-state index contributed by atoms with van der Waals surface area (Å²) in [5, 5.41) is 0. The average Bonchev–Trinajstić information content (AvgIpc) is 3.22. The predicted octanol–water partition coefficient (Wildman–Crippen LogP) is 10.8. The van der Waals surface area contributed by atoms with E-state index >= 15 is 0 Å². The van der Waals surface area contributed by atoms with Gasteiger partial charge >= 0.3 is 0 Å². The van der Waals surface area contributed by atoms with E-state index in [1.165, 1.54) is 69.8 Å². The largest absolute Gasteiger partial charge is 0.497 e. The molecule has 0 bridgehead atoms. The second kappa shape index (κ2) is 34.3. The van der Waals surface area contributed by atoms with Gasteiger partial charge in [0.15, 0.2) is 6.29 Å². The van der Waals surface area contributed by atoms with E-state index in [0.717, 1.165) is 55.7 Å². The third kappa shape index (κ3) is 23.2. The van der Waals surface area contributed by atoms with Crippen LogP contribution in [0.5, 0.6) is 17.2 Å². The van der Waals surface area contributed by atoms with Crippen molar-refractivity contribution in [3.63, 3.8) is 0 Å². The normalized spacial score (nSPS) is 19.3. The van der Waals surface area contributed by atoms with Gasteiger partial charge in [-0.3, -0.25) is 9.59 Å². The molecule has 0 aliphatic heterocycles. The molecule has 3 saturated carbocycles. The van der Waals surface area contributed by atoms with Crippen LogP contribution in [0.1, 0.15) is 126 Å². The Labute approximate surface area is 338 Å². The summed E-state index contributed by atoms with van der Waals surface area (Å²) in [6, 6.07) is 13.4. The van der Waals surface area contributed by atoms with Crippen molar-refractivity contribution in [1.29, 1.82) is 0 Å². The first-order valence-electron chi connectivity index (χ1n) is 20.7. The minimum absolute atomic E-state index is 0.268. The van der Waals surface area contributed by atoms with E-state index in [2.05, 4.69) is 30.9 Å². The molecule has 0 amide bonds. The molecule has 0 N–H and O–H groups in total. The molecule has 2 aromatic rings. The van der Waals surface area contributed by atoms with Gasteiger partial charge in [-0.25, -0.2) is 0 Å². The molecule has 0 aromatic heterocycles. The van der Waals surface area contributed by atoms with Gasteiger partial charge in [-0.2, -0.15) is 0 Å². The number of aldehydes is 2. The van der Waals surface area contributed by atoms with Gasteiger partial charge in [-0.15, -0.1) is 13.2 Å². The maximum absolute atomic E-state index is 11.1. The Morgan fingerprint density at radius 2 is 1.23 bits per heavy atom. The highest BCUT2D eigenvalue weighted by molar-refractivity contribution is 5.79. The summed E-state index contributed by atoms with van der Waals surface area (Å²) in [7, 11) is 3.23. The minimum Gasteiger partial charge on any atom is -0.497 e. The number of hydrogen-bond donors (Lipinski definition) is 0. The lowest BCUT2D eigenvalue weighted by Crippen LogP contribution is -2.13. The van der Waals surface area contributed by atoms with Crippen molar-refractivity contribution in [2.45, 2.75) is 110 Å². The monoisotopic (exact) mass is 781 g/mol. The second-order valence-corrected chi connectivity index (χ2v) is 14.2. The number of benzene rings is 2. The Balaban J connectivity index is 0.000000400. The van der Waals surface area contributed by atoms with Crippen LogP contribution in [-0.4, -0.2) is 72.9 Å². The smallest absolute Gasteiger partial charge is 0.293 e. The Morgan fingerprint density at radius 3 is 1.71 bits per heavy atom. The molecular formula is C47H72O9. The fraction of sp³-hybridized carbons (Fsp3) is 0.596. The fourth-order valence-electron chi connectivity index (χ4n) is 6.43. The summed E-state index contributed by atoms with van der Waals surface area (Å²) in [5.74, 6) is 4.81. The van der Waals surface area contributed by atoms with Crippen LogP contribution in [0, 0.1) is 17.8 Å². The number of rotatable bonds is 19. The van der Waals surface area contributed by atoms with E-state index in [0.29, 0.717) is 68.6 Å². The van der Waals surface area contributed by atoms with Crippen molar-refractivity contribution in [2.75, 3.05) is 53.9 Å². The Bertz CT molecular complexity index is 1260. The van der Waals surface area contributed by atoms with Gasteiger partial charge in [-0.05, 0) is 118 Å². The number of ether oxygens (including phenoxy) is 6. The van der Waals surface area contributed by atoms with Crippen LogP contribution < -0.4 is 14.2 Å². The van der Waals surface area contributed by atoms with Crippen molar-refractivity contribution in [2.24, 2.45) is 17.8 Å². The highest BCUT2D eigenvalue weighted by Gasteiger charge is 2.22. The predicted molar refractivity (Wildman–Crippen MR) is 226 cm³/mol. The second-order valence-electron chi connectivity index (χ2n) is 14.2. The van der Waals surface area contributed by atoms with Crippen molar-refractivity contribution in [3.05, 3.63) is 78.9 Å². The molecular weight excluding hydrogens is 709 g/mol. The number of carbonyl (C=O) groups excluding carboxylic acids is 3. The summed E-state index contributed by atoms with van der Waals surface area (Å²) in [5.41, 5.74) is 1.98. The van der Waals surface area contributed by atoms with Gasteiger partial charge in [0.25, 0.3) is 6.47 Å². The quantitative estimate of drug-likeness (QED) is 0.0782. The zero-order valence-corrected chi connectivity index (χ0v) is 35.0. The van der Waals surface area contributed by atoms with E-state index in [4.69, 9.17) is 23.7 Å². The van der Waals surface area contributed by atoms with E-state index in [1.807, 2.05) is 49.4 Å². The van der Waals surface area contributed by atoms with Gasteiger partial charge in [0, 0.05) is 5.92 Å². The highest BCUT2D eigenvalue weighted by Crippen LogP contribution is 2.38. The van der Waals surface area contributed by atoms with Crippen LogP contribution in [0.4, 0.5) is 0 Å². The SMILES string of the molecule is C1CCC1.C=CC.C=CC1CCC(C=O)CC1.CCCC1CCC(c2ccc(OC)c(C=O)c2)CC1.COc1ccc(OCCOCCOCCOC=O)cc1. The molecule has 0 radical (unpaired) electrons. The molecule has 0 spiro atoms. The van der Waals surface area contributed by atoms with Gasteiger partial charge in [-0.1, -0.05) is 63.7 Å². The molecule has 9 nitrogen and oxygen atoms in total. The van der Waals surface area contributed by atoms with Crippen molar-refractivity contribution in [1.82, 2.24) is 0 Å². The number of carbonyl (C=O) groups is 3. The fourth-order valence-corrected chi connectivity index (χ4v) is 6.43. The summed E-state index contributed by atoms with van der Waals surface area (Å²) in [6.45, 7) is 14.2. The lowest BCUT2D eigenvalue weighted by atomic mass is 9.77. The Kier molecular flexibility index (Phi) is 30.7. The first-order chi connectivity index (χ1) is 27.4. The topological polar surface area (TPSA) is 107 Å². The number of allylic oxidation sites excluding steroid dienone is 2. The van der Waals surface area contributed by atoms with E-state index < -0.39 is 0 Å². The number of hydrogen-bond acceptors (Lipinski definition) is 9. The maximum Gasteiger partial charge on any atom is 0.293 e. The van der Waals surface area contributed by atoms with Crippen molar-refractivity contribution in [3.8, 4) is 17.2 Å². The summed E-state index contributed by atoms with van der Waals surface area (Å²) >= 11 is 0. The lowest BCUT2D eigenvalue weighted by Gasteiger charge is -2.28. The Hall–Kier alpha value is -3.95. The van der Waals surface area contributed by atoms with Crippen LogP contribution in [0.25, 0.3) is 0 Å². The third-order valence-corrected chi connectivity index (χ3v) is 10.1. The Morgan fingerprint density at radius 1 is 0.679 bits per heavy atom. The van der Waals surface area contributed by atoms with Crippen LogP contribution in [0.3, 0.4) is 0 Å². The zero-order valence-electron chi connectivity index (χ0n) is 35.0. The van der Waals surface area contributed by atoms with Gasteiger partial charge in [0.05, 0.1) is 46.2 Å². The standard InChI is InChI=1S/C17H24O2.C14H20O6.C9H14O.C4H8.C3H6/c1-3-4-13-5-7-14(8-6-13)15-9-10-17(19-2)16(11-15)12-18;1-16-13-2-4-14(5-3-13)20-11-10-18-7-6-17-8-9-19-12-15;1-2-8-3-5-9(7-10)6-4-8;1-2-4-3-1;1-3-2/h9-14H,3-8H2,1-2H3;2-5,12H,6-11H2,1H3;2,7-9H,1,3-6H2;1-4H2;3H,1H2,2H3. The molecule has 0 saturated heterocycles. The van der Waals surface area contributed by atoms with Crippen molar-refractivity contribution >= 4 is 19.0 Å². The number of methoxy groups -OCH3 is 2. The molecule has 9 heteroatoms. The lowest BCUT2D eigenvalue weighted by molar-refractivity contribution is -0.130. The summed E-state index contributed by atoms with van der Waals surface area (Å²) in [6.07, 6.45) is 24.1. The molecule has 5 rings (SSSR count). The maximum atomic E-state index is 11.1. The average molecular weight is 781 g/mol. The molecule has 2 aromatic carbocycles.